The zero-order chi connectivity index (χ0) is 43.5. The zero-order valence-corrected chi connectivity index (χ0v) is 35.5. The van der Waals surface area contributed by atoms with Crippen molar-refractivity contribution in [3.8, 4) is 11.1 Å². The minimum absolute atomic E-state index is 0.00357. The van der Waals surface area contributed by atoms with Crippen molar-refractivity contribution in [2.24, 2.45) is 11.1 Å². The normalized spacial score (nSPS) is 21.3. The molecule has 1 fully saturated rings. The number of ketones is 1. The molecule has 2 bridgehead atoms. The predicted molar refractivity (Wildman–Crippen MR) is 233 cm³/mol. The van der Waals surface area contributed by atoms with Crippen molar-refractivity contribution in [2.75, 3.05) is 19.6 Å². The van der Waals surface area contributed by atoms with E-state index in [0.717, 1.165) is 34.4 Å². The molecule has 4 aromatic rings. The van der Waals surface area contributed by atoms with Gasteiger partial charge in [-0.05, 0) is 78.1 Å². The molecule has 2 heterocycles. The van der Waals surface area contributed by atoms with Crippen molar-refractivity contribution >= 4 is 57.2 Å². The molecule has 6 amide bonds. The summed E-state index contributed by atoms with van der Waals surface area (Å²) in [4.78, 5) is 94.7. The van der Waals surface area contributed by atoms with Crippen LogP contribution in [0.2, 0.25) is 0 Å². The molecule has 0 radical (unpaired) electrons. The van der Waals surface area contributed by atoms with Gasteiger partial charge in [0, 0.05) is 54.8 Å². The van der Waals surface area contributed by atoms with Gasteiger partial charge < -0.3 is 31.9 Å². The topological polar surface area (TPSA) is 197 Å². The first-order valence-corrected chi connectivity index (χ1v) is 21.0. The van der Waals surface area contributed by atoms with Gasteiger partial charge in [0.05, 0.1) is 11.8 Å². The van der Waals surface area contributed by atoms with Crippen molar-refractivity contribution < 1.29 is 33.6 Å². The minimum Gasteiger partial charge on any atom is -0.368 e. The Morgan fingerprint density at radius 2 is 1.52 bits per heavy atom. The van der Waals surface area contributed by atoms with E-state index in [1.807, 2.05) is 72.8 Å². The van der Waals surface area contributed by atoms with Crippen LogP contribution in [-0.2, 0) is 54.6 Å². The molecule has 2 aliphatic rings. The molecule has 0 aromatic heterocycles. The van der Waals surface area contributed by atoms with Crippen LogP contribution in [0.15, 0.2) is 114 Å². The first kappa shape index (κ1) is 44.2. The van der Waals surface area contributed by atoms with Gasteiger partial charge in [-0.2, -0.15) is 0 Å². The maximum absolute atomic E-state index is 14.8. The van der Waals surface area contributed by atoms with Gasteiger partial charge in [0.25, 0.3) is 0 Å². The number of fused-ring (bicyclic) bond motifs is 3. The summed E-state index contributed by atoms with van der Waals surface area (Å²) in [6.07, 6.45) is 3.51. The number of hydrogen-bond donors (Lipinski definition) is 5. The van der Waals surface area contributed by atoms with Crippen molar-refractivity contribution in [2.45, 2.75) is 64.1 Å². The highest BCUT2D eigenvalue weighted by atomic mass is 79.9. The van der Waals surface area contributed by atoms with E-state index in [1.165, 1.54) is 6.92 Å². The number of rotatable bonds is 7. The number of nitrogens with two attached hydrogens (primary N) is 1. The molecule has 0 aliphatic carbocycles. The number of benzene rings is 4. The van der Waals surface area contributed by atoms with Crippen LogP contribution in [0.25, 0.3) is 11.1 Å². The molecule has 6 N–H and O–H groups in total. The Morgan fingerprint density at radius 3 is 2.25 bits per heavy atom. The summed E-state index contributed by atoms with van der Waals surface area (Å²) in [5.41, 5.74) is 9.63. The summed E-state index contributed by atoms with van der Waals surface area (Å²) >= 11 is 3.45. The third-order valence-electron chi connectivity index (χ3n) is 11.2. The van der Waals surface area contributed by atoms with Gasteiger partial charge in [0.1, 0.15) is 12.1 Å². The fraction of sp³-hybridized carbons (Fsp3) is 0.298. The molecule has 13 nitrogen and oxygen atoms in total. The molecule has 4 aromatic carbocycles. The van der Waals surface area contributed by atoms with E-state index >= 15 is 0 Å². The van der Waals surface area contributed by atoms with Crippen LogP contribution >= 0.6 is 15.9 Å². The number of piperidine rings is 1. The van der Waals surface area contributed by atoms with Crippen molar-refractivity contribution in [3.63, 3.8) is 0 Å². The molecule has 0 unspecified atom stereocenters. The summed E-state index contributed by atoms with van der Waals surface area (Å²) in [5.74, 6) is -3.22. The number of halogens is 1. The number of Topliss-reactive ketones (excluding diaryl/α,β-unsaturated/α-hetero) is 1. The molecular weight excluding hydrogens is 840 g/mol. The number of amides is 6. The summed E-state index contributed by atoms with van der Waals surface area (Å²) in [7, 11) is 0. The Morgan fingerprint density at radius 1 is 0.820 bits per heavy atom. The highest BCUT2D eigenvalue weighted by Gasteiger charge is 2.44. The Bertz CT molecular complexity index is 2330. The Kier molecular flexibility index (Phi) is 14.6. The fourth-order valence-electron chi connectivity index (χ4n) is 7.84. The smallest absolute Gasteiger partial charge is 0.246 e. The van der Waals surface area contributed by atoms with Gasteiger partial charge in [-0.25, -0.2) is 0 Å². The van der Waals surface area contributed by atoms with Crippen LogP contribution in [0.3, 0.4) is 0 Å². The first-order valence-electron chi connectivity index (χ1n) is 20.2. The zero-order valence-electron chi connectivity index (χ0n) is 33.9. The maximum Gasteiger partial charge on any atom is 0.246 e. The van der Waals surface area contributed by atoms with Crippen LogP contribution in [-0.4, -0.2) is 77.8 Å². The lowest BCUT2D eigenvalue weighted by Gasteiger charge is -2.42. The second-order valence-corrected chi connectivity index (χ2v) is 16.4. The van der Waals surface area contributed by atoms with Crippen LogP contribution in [0.4, 0.5) is 0 Å². The third kappa shape index (κ3) is 11.7. The molecule has 14 heteroatoms. The molecule has 0 spiro atoms. The second-order valence-electron chi connectivity index (χ2n) is 15.6. The Balaban J connectivity index is 1.34. The van der Waals surface area contributed by atoms with E-state index < -0.39 is 47.0 Å². The van der Waals surface area contributed by atoms with Crippen LogP contribution in [0.1, 0.15) is 58.8 Å². The van der Waals surface area contributed by atoms with Gasteiger partial charge in [-0.15, -0.1) is 0 Å². The van der Waals surface area contributed by atoms with Gasteiger partial charge in [0.2, 0.25) is 35.4 Å². The number of carbonyl (C=O) groups is 7. The lowest BCUT2D eigenvalue weighted by Crippen LogP contribution is -2.58. The average Bonchev–Trinajstić information content (AvgIpc) is 3.25. The molecule has 6 rings (SSSR count). The van der Waals surface area contributed by atoms with Crippen molar-refractivity contribution in [3.05, 3.63) is 142 Å². The number of hydrogen-bond acceptors (Lipinski definition) is 7. The van der Waals surface area contributed by atoms with Crippen LogP contribution in [0.5, 0.6) is 0 Å². The Labute approximate surface area is 363 Å². The highest BCUT2D eigenvalue weighted by Crippen LogP contribution is 2.35. The molecule has 316 valence electrons. The average molecular weight is 890 g/mol. The fourth-order valence-corrected chi connectivity index (χ4v) is 8.37. The minimum atomic E-state index is -1.12. The Hall–Kier alpha value is -6.41. The number of nitrogens with one attached hydrogen (secondary N) is 4. The van der Waals surface area contributed by atoms with Crippen molar-refractivity contribution in [1.29, 1.82) is 0 Å². The van der Waals surface area contributed by atoms with Gasteiger partial charge in [-0.3, -0.25) is 33.6 Å². The van der Waals surface area contributed by atoms with Crippen LogP contribution in [0, 0.1) is 5.41 Å². The summed E-state index contributed by atoms with van der Waals surface area (Å²) in [5, 5.41) is 11.3. The summed E-state index contributed by atoms with van der Waals surface area (Å²) in [6, 6.07) is 27.6. The predicted octanol–water partition coefficient (Wildman–Crippen LogP) is 4.10. The maximum atomic E-state index is 14.8. The molecule has 2 aliphatic heterocycles. The van der Waals surface area contributed by atoms with Gasteiger partial charge >= 0.3 is 0 Å². The van der Waals surface area contributed by atoms with Gasteiger partial charge in [-0.1, -0.05) is 101 Å². The summed E-state index contributed by atoms with van der Waals surface area (Å²) < 4.78 is 0.701. The number of carbonyl (C=O) groups excluding carboxylic acids is 7. The largest absolute Gasteiger partial charge is 0.368 e. The first-order chi connectivity index (χ1) is 29.3. The number of nitrogens with zero attached hydrogens (tertiary/aromatic N) is 1. The van der Waals surface area contributed by atoms with Gasteiger partial charge in [0.15, 0.2) is 5.78 Å². The third-order valence-corrected chi connectivity index (χ3v) is 11.9. The molecular formula is C47H49BrN6O7. The van der Waals surface area contributed by atoms with Crippen molar-refractivity contribution in [1.82, 2.24) is 26.2 Å². The standard InChI is InChI=1S/C47H49BrN6O7/c1-30(55)37-25-35(16-17-38(37)48)33-14-12-31(13-15-33)24-40-45(60)51-28-36-11-6-5-10-34(36)26-42(57)52-39(44(49)59)20-22-50-41(56)18-19-43(58)54-23-7-21-47(29-54,46(61)53-40)27-32-8-3-2-4-9-32/h2-6,8-19,25,39-40H,7,20-24,26-29H2,1H3,(H2,49,59)(H,50,56)(H,51,60)(H,52,57)(H,53,61)/b19-18+/t39-,40-,47-/m0/s1. The van der Waals surface area contributed by atoms with Crippen LogP contribution < -0.4 is 27.0 Å². The molecule has 61 heavy (non-hydrogen) atoms. The van der Waals surface area contributed by atoms with E-state index in [0.29, 0.717) is 47.0 Å². The van der Waals surface area contributed by atoms with E-state index in [4.69, 9.17) is 5.73 Å². The van der Waals surface area contributed by atoms with E-state index in [-0.39, 0.29) is 50.6 Å². The van der Waals surface area contributed by atoms with E-state index in [1.54, 1.807) is 29.2 Å². The quantitative estimate of drug-likeness (QED) is 0.172. The molecule has 3 atom stereocenters. The summed E-state index contributed by atoms with van der Waals surface area (Å²) in [6.45, 7) is 1.94. The monoisotopic (exact) mass is 888 g/mol. The SMILES string of the molecule is CC(=O)c1cc(-c2ccc(C[C@@H]3NC(=O)[C@]4(Cc5ccccc5)CCCN(C4)C(=O)/C=C/C(=O)NCC[C@@H](C(N)=O)NC(=O)Cc4ccccc4CNC3=O)cc2)ccc1Br. The molecule has 0 saturated carbocycles. The lowest BCUT2D eigenvalue weighted by molar-refractivity contribution is -0.141. The lowest BCUT2D eigenvalue weighted by atomic mass is 9.74. The van der Waals surface area contributed by atoms with E-state index in [9.17, 15) is 33.6 Å². The number of primary amides is 1. The molecule has 1 saturated heterocycles. The highest BCUT2D eigenvalue weighted by molar-refractivity contribution is 9.10. The van der Waals surface area contributed by atoms with E-state index in [2.05, 4.69) is 37.2 Å². The second kappa shape index (κ2) is 20.2.